The average molecular weight is 400 g/mol. The van der Waals surface area contributed by atoms with E-state index in [1.807, 2.05) is 19.1 Å². The molecule has 134 valence electrons. The predicted molar refractivity (Wildman–Crippen MR) is 100 cm³/mol. The molecule has 3 atom stereocenters. The Morgan fingerprint density at radius 2 is 1.56 bits per heavy atom. The number of halogens is 2. The van der Waals surface area contributed by atoms with E-state index in [1.165, 1.54) is 12.1 Å². The molecule has 25 heavy (non-hydrogen) atoms. The fourth-order valence-electron chi connectivity index (χ4n) is 3.27. The minimum atomic E-state index is -3.62. The van der Waals surface area contributed by atoms with Gasteiger partial charge < -0.3 is 10.5 Å². The number of sulfone groups is 1. The van der Waals surface area contributed by atoms with Crippen LogP contribution in [0.15, 0.2) is 53.4 Å². The molecule has 0 radical (unpaired) electrons. The Morgan fingerprint density at radius 1 is 1.04 bits per heavy atom. The van der Waals surface area contributed by atoms with Crippen LogP contribution in [0.1, 0.15) is 18.4 Å². The molecule has 1 saturated carbocycles. The number of nitrogens with two attached hydrogens (primary N) is 1. The zero-order valence-corrected chi connectivity index (χ0v) is 16.0. The van der Waals surface area contributed by atoms with Gasteiger partial charge in [0.15, 0.2) is 9.84 Å². The van der Waals surface area contributed by atoms with E-state index >= 15 is 0 Å². The first kappa shape index (κ1) is 18.7. The summed E-state index contributed by atoms with van der Waals surface area (Å²) in [5.41, 5.74) is 6.35. The Morgan fingerprint density at radius 3 is 2.08 bits per heavy atom. The second-order valence-electron chi connectivity index (χ2n) is 6.20. The summed E-state index contributed by atoms with van der Waals surface area (Å²) < 4.78 is 31.7. The van der Waals surface area contributed by atoms with Crippen LogP contribution in [0.2, 0.25) is 10.0 Å². The second-order valence-corrected chi connectivity index (χ2v) is 9.14. The zero-order chi connectivity index (χ0) is 18.2. The first-order chi connectivity index (χ1) is 11.8. The van der Waals surface area contributed by atoms with Gasteiger partial charge in [-0.05, 0) is 48.9 Å². The summed E-state index contributed by atoms with van der Waals surface area (Å²) in [6.45, 7) is 2.50. The van der Waals surface area contributed by atoms with E-state index in [2.05, 4.69) is 0 Å². The highest BCUT2D eigenvalue weighted by atomic mass is 35.5. The molecule has 0 heterocycles. The maximum Gasteiger partial charge on any atom is 0.183 e. The van der Waals surface area contributed by atoms with Crippen molar-refractivity contribution in [3.05, 3.63) is 64.1 Å². The molecule has 0 aliphatic heterocycles. The highest BCUT2D eigenvalue weighted by Gasteiger charge is 2.69. The molecule has 0 saturated heterocycles. The molecule has 1 fully saturated rings. The monoisotopic (exact) mass is 399 g/mol. The Bertz CT molecular complexity index is 853. The van der Waals surface area contributed by atoms with Crippen LogP contribution in [0.5, 0.6) is 0 Å². The molecule has 1 aliphatic carbocycles. The summed E-state index contributed by atoms with van der Waals surface area (Å²) in [6, 6.07) is 13.3. The first-order valence-corrected chi connectivity index (χ1v) is 10.2. The van der Waals surface area contributed by atoms with Gasteiger partial charge in [-0.3, -0.25) is 0 Å². The number of hydrogen-bond acceptors (Lipinski definition) is 4. The van der Waals surface area contributed by atoms with Gasteiger partial charge in [-0.15, -0.1) is 0 Å². The van der Waals surface area contributed by atoms with E-state index in [0.717, 1.165) is 5.56 Å². The summed E-state index contributed by atoms with van der Waals surface area (Å²) in [4.78, 5) is 0.213. The standard InChI is InChI=1S/C18H19Cl2NO3S/c1-2-24-11-18(21)16(12-3-5-13(19)6-4-12)17(18)25(22,23)15-9-7-14(20)8-10-15/h3-10,16-17H,2,11,21H2,1H3/t16-,17+,18-/m1/s1. The summed E-state index contributed by atoms with van der Waals surface area (Å²) in [7, 11) is -3.62. The molecule has 0 aromatic heterocycles. The van der Waals surface area contributed by atoms with Gasteiger partial charge in [-0.2, -0.15) is 0 Å². The predicted octanol–water partition coefficient (Wildman–Crippen LogP) is 3.67. The number of rotatable bonds is 6. The van der Waals surface area contributed by atoms with Crippen molar-refractivity contribution in [3.8, 4) is 0 Å². The van der Waals surface area contributed by atoms with Gasteiger partial charge in [0.05, 0.1) is 22.3 Å². The Labute approximate surface area is 157 Å². The summed E-state index contributed by atoms with van der Waals surface area (Å²) in [5, 5.41) is 0.320. The lowest BCUT2D eigenvalue weighted by molar-refractivity contribution is 0.125. The molecule has 2 aromatic carbocycles. The van der Waals surface area contributed by atoms with Gasteiger partial charge in [-0.1, -0.05) is 35.3 Å². The third-order valence-electron chi connectivity index (χ3n) is 4.56. The van der Waals surface area contributed by atoms with Crippen LogP contribution in [-0.2, 0) is 14.6 Å². The van der Waals surface area contributed by atoms with Crippen LogP contribution >= 0.6 is 23.2 Å². The highest BCUT2D eigenvalue weighted by Crippen LogP contribution is 2.55. The van der Waals surface area contributed by atoms with Crippen LogP contribution in [0.3, 0.4) is 0 Å². The molecule has 3 rings (SSSR count). The normalized spacial score (nSPS) is 25.8. The van der Waals surface area contributed by atoms with Crippen molar-refractivity contribution in [3.63, 3.8) is 0 Å². The SMILES string of the molecule is CCOC[C@@]1(N)[C@H](c2ccc(Cl)cc2)[C@@H]1S(=O)(=O)c1ccc(Cl)cc1. The van der Waals surface area contributed by atoms with Crippen molar-refractivity contribution in [2.75, 3.05) is 13.2 Å². The van der Waals surface area contributed by atoms with Crippen molar-refractivity contribution in [2.45, 2.75) is 28.5 Å². The molecule has 0 bridgehead atoms. The van der Waals surface area contributed by atoms with Crippen molar-refractivity contribution < 1.29 is 13.2 Å². The van der Waals surface area contributed by atoms with Gasteiger partial charge in [0.2, 0.25) is 0 Å². The minimum absolute atomic E-state index is 0.175. The van der Waals surface area contributed by atoms with Gasteiger partial charge in [-0.25, -0.2) is 8.42 Å². The minimum Gasteiger partial charge on any atom is -0.380 e. The zero-order valence-electron chi connectivity index (χ0n) is 13.7. The van der Waals surface area contributed by atoms with Crippen LogP contribution in [0.25, 0.3) is 0 Å². The van der Waals surface area contributed by atoms with Crippen molar-refractivity contribution >= 4 is 33.0 Å². The molecule has 0 spiro atoms. The molecule has 2 N–H and O–H groups in total. The molecular weight excluding hydrogens is 381 g/mol. The van der Waals surface area contributed by atoms with Crippen molar-refractivity contribution in [1.82, 2.24) is 0 Å². The molecular formula is C18H19Cl2NO3S. The molecule has 4 nitrogen and oxygen atoms in total. The topological polar surface area (TPSA) is 69.4 Å². The van der Waals surface area contributed by atoms with Crippen LogP contribution in [0, 0.1) is 0 Å². The lowest BCUT2D eigenvalue weighted by Gasteiger charge is -2.12. The Balaban J connectivity index is 1.99. The maximum atomic E-state index is 13.1. The average Bonchev–Trinajstić information content (AvgIpc) is 3.21. The van der Waals surface area contributed by atoms with E-state index in [0.29, 0.717) is 16.7 Å². The summed E-state index contributed by atoms with van der Waals surface area (Å²) in [6.07, 6.45) is 0. The third-order valence-corrected chi connectivity index (χ3v) is 7.38. The van der Waals surface area contributed by atoms with E-state index < -0.39 is 20.6 Å². The Hall–Kier alpha value is -1.11. The van der Waals surface area contributed by atoms with Gasteiger partial charge in [0.25, 0.3) is 0 Å². The third kappa shape index (κ3) is 3.44. The van der Waals surface area contributed by atoms with Crippen molar-refractivity contribution in [1.29, 1.82) is 0 Å². The molecule has 7 heteroatoms. The van der Waals surface area contributed by atoms with E-state index in [-0.39, 0.29) is 17.4 Å². The van der Waals surface area contributed by atoms with Gasteiger partial charge in [0.1, 0.15) is 0 Å². The lowest BCUT2D eigenvalue weighted by Crippen LogP contribution is -2.36. The largest absolute Gasteiger partial charge is 0.380 e. The lowest BCUT2D eigenvalue weighted by atomic mass is 10.1. The number of benzene rings is 2. The van der Waals surface area contributed by atoms with E-state index in [1.54, 1.807) is 24.3 Å². The molecule has 2 aromatic rings. The van der Waals surface area contributed by atoms with Crippen LogP contribution in [0.4, 0.5) is 0 Å². The molecule has 0 unspecified atom stereocenters. The van der Waals surface area contributed by atoms with Crippen LogP contribution < -0.4 is 5.73 Å². The number of hydrogen-bond donors (Lipinski definition) is 1. The Kier molecular flexibility index (Phi) is 5.15. The van der Waals surface area contributed by atoms with Gasteiger partial charge >= 0.3 is 0 Å². The molecule has 1 aliphatic rings. The fourth-order valence-corrected chi connectivity index (χ4v) is 5.81. The molecule has 0 amide bonds. The van der Waals surface area contributed by atoms with Crippen molar-refractivity contribution in [2.24, 2.45) is 5.73 Å². The fraction of sp³-hybridized carbons (Fsp3) is 0.333. The second kappa shape index (κ2) is 6.89. The van der Waals surface area contributed by atoms with E-state index in [9.17, 15) is 8.42 Å². The van der Waals surface area contributed by atoms with Crippen LogP contribution in [-0.4, -0.2) is 32.4 Å². The van der Waals surface area contributed by atoms with E-state index in [4.69, 9.17) is 33.7 Å². The quantitative estimate of drug-likeness (QED) is 0.804. The number of ether oxygens (including phenoxy) is 1. The summed E-state index contributed by atoms with van der Waals surface area (Å²) >= 11 is 11.8. The summed E-state index contributed by atoms with van der Waals surface area (Å²) in [5.74, 6) is -0.350. The highest BCUT2D eigenvalue weighted by molar-refractivity contribution is 7.92. The maximum absolute atomic E-state index is 13.1. The van der Waals surface area contributed by atoms with Gasteiger partial charge in [0, 0.05) is 22.6 Å². The smallest absolute Gasteiger partial charge is 0.183 e. The first-order valence-electron chi connectivity index (χ1n) is 7.92.